The monoisotopic (exact) mass is 1250 g/mol. The summed E-state index contributed by atoms with van der Waals surface area (Å²) in [6.07, 6.45) is 0. The SMILES string of the molecule is CC(C)(C)c1cc(N2c3cc(-c4ccc5c6ccccc6n(-c6ccccc6)c5c4)cc4c3B(c3c2cc2ccc5c(C(C)(C)C)ccc6ccc3c2c65)c2c(cc3ccc5c(C(C)(C)C)ccc6ccc2c3c65)N4c2cc(C(C)(C)C)cc(C(C)(C)C)c2)cc(C(C)(C)C)c1. The lowest BCUT2D eigenvalue weighted by Gasteiger charge is -2.46. The molecular formula is C92H88BN3. The van der Waals surface area contributed by atoms with Gasteiger partial charge < -0.3 is 14.4 Å². The van der Waals surface area contributed by atoms with Crippen molar-refractivity contribution in [3.05, 3.63) is 240 Å². The van der Waals surface area contributed by atoms with E-state index in [0.717, 1.165) is 5.69 Å². The fourth-order valence-electron chi connectivity index (χ4n) is 17.0. The zero-order valence-corrected chi connectivity index (χ0v) is 59.5. The molecule has 96 heavy (non-hydrogen) atoms. The van der Waals surface area contributed by atoms with Crippen LogP contribution in [0.15, 0.2) is 206 Å². The zero-order chi connectivity index (χ0) is 67.0. The van der Waals surface area contributed by atoms with Crippen molar-refractivity contribution in [3.63, 3.8) is 0 Å². The van der Waals surface area contributed by atoms with E-state index in [4.69, 9.17) is 0 Å². The minimum Gasteiger partial charge on any atom is -0.311 e. The zero-order valence-electron chi connectivity index (χ0n) is 59.5. The first-order valence-corrected chi connectivity index (χ1v) is 35.1. The summed E-state index contributed by atoms with van der Waals surface area (Å²) in [7, 11) is 0. The van der Waals surface area contributed by atoms with E-state index in [1.54, 1.807) is 0 Å². The molecule has 0 saturated carbocycles. The van der Waals surface area contributed by atoms with E-state index in [1.807, 2.05) is 0 Å². The van der Waals surface area contributed by atoms with Crippen LogP contribution in [-0.2, 0) is 32.5 Å². The lowest BCUT2D eigenvalue weighted by molar-refractivity contribution is 0.568. The number of anilines is 6. The molecule has 4 heteroatoms. The number of fused-ring (bicyclic) bond motifs is 9. The van der Waals surface area contributed by atoms with Gasteiger partial charge in [0.05, 0.1) is 11.0 Å². The molecule has 0 atom stereocenters. The third-order valence-corrected chi connectivity index (χ3v) is 22.0. The minimum atomic E-state index is -0.205. The van der Waals surface area contributed by atoms with Crippen LogP contribution < -0.4 is 26.2 Å². The predicted octanol–water partition coefficient (Wildman–Crippen LogP) is 24.1. The van der Waals surface area contributed by atoms with Gasteiger partial charge in [-0.3, -0.25) is 0 Å². The highest BCUT2D eigenvalue weighted by molar-refractivity contribution is 7.03. The first-order chi connectivity index (χ1) is 45.4. The smallest absolute Gasteiger partial charge is 0.253 e. The van der Waals surface area contributed by atoms with Gasteiger partial charge in [-0.2, -0.15) is 0 Å². The molecule has 0 radical (unpaired) electrons. The molecule has 0 N–H and O–H groups in total. The van der Waals surface area contributed by atoms with Crippen molar-refractivity contribution in [2.24, 2.45) is 0 Å². The Kier molecular flexibility index (Phi) is 12.6. The van der Waals surface area contributed by atoms with Crippen molar-refractivity contribution in [1.82, 2.24) is 4.57 Å². The van der Waals surface area contributed by atoms with E-state index < -0.39 is 0 Å². The molecule has 0 aliphatic carbocycles. The molecule has 0 amide bonds. The minimum absolute atomic E-state index is 0.0664. The van der Waals surface area contributed by atoms with Crippen LogP contribution in [0.5, 0.6) is 0 Å². The first-order valence-electron chi connectivity index (χ1n) is 35.1. The van der Waals surface area contributed by atoms with E-state index in [1.165, 1.54) is 181 Å². The molecule has 0 saturated heterocycles. The molecule has 3 heterocycles. The molecule has 15 aromatic rings. The molecular weight excluding hydrogens is 1160 g/mol. The summed E-state index contributed by atoms with van der Waals surface area (Å²) in [6.45, 7) is 42.7. The molecule has 0 spiro atoms. The van der Waals surface area contributed by atoms with Crippen molar-refractivity contribution in [3.8, 4) is 16.8 Å². The van der Waals surface area contributed by atoms with Crippen LogP contribution in [0.2, 0.25) is 0 Å². The van der Waals surface area contributed by atoms with Crippen molar-refractivity contribution in [2.75, 3.05) is 9.80 Å². The maximum Gasteiger partial charge on any atom is 0.253 e. The first kappa shape index (κ1) is 60.3. The summed E-state index contributed by atoms with van der Waals surface area (Å²) in [4.78, 5) is 5.49. The number of rotatable bonds is 4. The van der Waals surface area contributed by atoms with Gasteiger partial charge in [0.15, 0.2) is 0 Å². The number of para-hydroxylation sites is 2. The van der Waals surface area contributed by atoms with Crippen LogP contribution in [-0.4, -0.2) is 11.3 Å². The number of nitrogens with zero attached hydrogens (tertiary/aromatic N) is 3. The normalized spacial score (nSPS) is 14.1. The molecule has 17 rings (SSSR count). The molecule has 2 aliphatic rings. The van der Waals surface area contributed by atoms with Crippen LogP contribution in [0.4, 0.5) is 34.1 Å². The predicted molar refractivity (Wildman–Crippen MR) is 420 cm³/mol. The molecule has 3 nitrogen and oxygen atoms in total. The molecule has 1 aromatic heterocycles. The van der Waals surface area contributed by atoms with Gasteiger partial charge in [-0.1, -0.05) is 258 Å². The molecule has 0 unspecified atom stereocenters. The van der Waals surface area contributed by atoms with Crippen LogP contribution in [0.3, 0.4) is 0 Å². The maximum atomic E-state index is 2.74. The van der Waals surface area contributed by atoms with Gasteiger partial charge in [-0.15, -0.1) is 0 Å². The van der Waals surface area contributed by atoms with Crippen LogP contribution in [0.25, 0.3) is 103 Å². The number of benzene rings is 14. The van der Waals surface area contributed by atoms with Gasteiger partial charge in [0.25, 0.3) is 6.71 Å². The molecule has 14 aromatic carbocycles. The summed E-state index contributed by atoms with van der Waals surface area (Å²) in [5.41, 5.74) is 24.5. The number of hydrogen-bond donors (Lipinski definition) is 0. The Morgan fingerprint density at radius 2 is 0.625 bits per heavy atom. The second-order valence-corrected chi connectivity index (χ2v) is 34.7. The highest BCUT2D eigenvalue weighted by Gasteiger charge is 2.47. The highest BCUT2D eigenvalue weighted by Crippen LogP contribution is 2.53. The summed E-state index contributed by atoms with van der Waals surface area (Å²) in [6, 6.07) is 82.1. The summed E-state index contributed by atoms with van der Waals surface area (Å²) < 4.78 is 2.48. The largest absolute Gasteiger partial charge is 0.311 e. The number of aromatic nitrogens is 1. The number of hydrogen-bond acceptors (Lipinski definition) is 2. The van der Waals surface area contributed by atoms with Gasteiger partial charge in [0.1, 0.15) is 0 Å². The lowest BCUT2D eigenvalue weighted by atomic mass is 9.32. The van der Waals surface area contributed by atoms with E-state index in [-0.39, 0.29) is 39.2 Å². The van der Waals surface area contributed by atoms with Crippen molar-refractivity contribution >= 4 is 144 Å². The van der Waals surface area contributed by atoms with E-state index in [2.05, 4.69) is 345 Å². The Labute approximate surface area is 568 Å². The third kappa shape index (κ3) is 8.99. The van der Waals surface area contributed by atoms with Crippen LogP contribution >= 0.6 is 0 Å². The Bertz CT molecular complexity index is 5430. The Morgan fingerprint density at radius 1 is 0.250 bits per heavy atom. The van der Waals surface area contributed by atoms with Gasteiger partial charge in [0, 0.05) is 50.6 Å². The second-order valence-electron chi connectivity index (χ2n) is 34.7. The standard InChI is InChI=1S/C92H88BN3/c1-87(2,3)59-47-60(88(4,5)6)50-64(49-59)95-76-43-56-31-36-68-72(91(13,14)15)40-33-53-28-38-70(82(56)80(53)68)84(76)93-85-71-39-29-54-34-41-73(92(16,17)18)69-37-32-57(83(71)81(54)69)44-77(85)96(65-51-61(89(7,8)9)48-62(52-65)90(10,11)12)79-46-58(45-78(95)86(79)93)55-30-35-67-66-26-22-23-27-74(66)94(75(67)42-55)63-24-20-19-21-25-63/h19-52H,1-18H3. The fraction of sp³-hybridized carbons (Fsp3) is 0.261. The van der Waals surface area contributed by atoms with Gasteiger partial charge in [-0.05, 0) is 231 Å². The molecule has 0 bridgehead atoms. The lowest BCUT2D eigenvalue weighted by Crippen LogP contribution is -2.62. The Balaban J connectivity index is 1.10. The van der Waals surface area contributed by atoms with Gasteiger partial charge in [0.2, 0.25) is 0 Å². The van der Waals surface area contributed by atoms with Crippen LogP contribution in [0, 0.1) is 0 Å². The highest BCUT2D eigenvalue weighted by atomic mass is 15.2. The average molecular weight is 1250 g/mol. The fourth-order valence-corrected chi connectivity index (χ4v) is 17.0. The molecule has 474 valence electrons. The van der Waals surface area contributed by atoms with Crippen LogP contribution in [0.1, 0.15) is 158 Å². The van der Waals surface area contributed by atoms with Crippen molar-refractivity contribution in [2.45, 2.75) is 157 Å². The third-order valence-electron chi connectivity index (χ3n) is 22.0. The summed E-state index contributed by atoms with van der Waals surface area (Å²) in [5, 5.41) is 18.3. The van der Waals surface area contributed by atoms with Gasteiger partial charge in [-0.25, -0.2) is 0 Å². The van der Waals surface area contributed by atoms with Gasteiger partial charge >= 0.3 is 0 Å². The topological polar surface area (TPSA) is 11.4 Å². The summed E-state index contributed by atoms with van der Waals surface area (Å²) in [5.74, 6) is 0. The maximum absolute atomic E-state index is 2.74. The van der Waals surface area contributed by atoms with Crippen molar-refractivity contribution in [1.29, 1.82) is 0 Å². The quantitative estimate of drug-likeness (QED) is 0.129. The molecule has 0 fully saturated rings. The second kappa shape index (κ2) is 20.1. The van der Waals surface area contributed by atoms with E-state index in [9.17, 15) is 0 Å². The van der Waals surface area contributed by atoms with Crippen molar-refractivity contribution < 1.29 is 0 Å². The van der Waals surface area contributed by atoms with E-state index in [0.29, 0.717) is 0 Å². The summed E-state index contributed by atoms with van der Waals surface area (Å²) >= 11 is 0. The molecule has 2 aliphatic heterocycles. The van der Waals surface area contributed by atoms with E-state index >= 15 is 0 Å². The Morgan fingerprint density at radius 3 is 1.07 bits per heavy atom. The average Bonchev–Trinajstić information content (AvgIpc) is 0.732. The Hall–Kier alpha value is -9.38.